The Morgan fingerprint density at radius 2 is 1.78 bits per heavy atom. The monoisotopic (exact) mass is 372 g/mol. The number of hydrogen-bond acceptors (Lipinski definition) is 5. The predicted octanol–water partition coefficient (Wildman–Crippen LogP) is 3.28. The van der Waals surface area contributed by atoms with Gasteiger partial charge >= 0.3 is 0 Å². The van der Waals surface area contributed by atoms with Crippen molar-refractivity contribution in [1.29, 1.82) is 0 Å². The van der Waals surface area contributed by atoms with Gasteiger partial charge in [-0.3, -0.25) is 4.79 Å². The molecule has 2 rings (SSSR count). The minimum atomic E-state index is -0.215. The molecule has 27 heavy (non-hydrogen) atoms. The van der Waals surface area contributed by atoms with Gasteiger partial charge in [0.15, 0.2) is 11.5 Å². The zero-order chi connectivity index (χ0) is 19.8. The summed E-state index contributed by atoms with van der Waals surface area (Å²) in [6.45, 7) is 6.25. The van der Waals surface area contributed by atoms with Crippen LogP contribution in [-0.4, -0.2) is 46.9 Å². The Hall–Kier alpha value is -2.89. The van der Waals surface area contributed by atoms with Gasteiger partial charge in [-0.05, 0) is 43.7 Å². The van der Waals surface area contributed by atoms with Crippen LogP contribution in [0, 0.1) is 6.92 Å². The van der Waals surface area contributed by atoms with Crippen molar-refractivity contribution >= 4 is 11.6 Å². The molecule has 0 unspecified atom stereocenters. The number of carbonyl (C=O) groups excluding carboxylic acids is 1. The maximum absolute atomic E-state index is 12.6. The van der Waals surface area contributed by atoms with Crippen molar-refractivity contribution in [3.63, 3.8) is 0 Å². The highest BCUT2D eigenvalue weighted by Crippen LogP contribution is 2.39. The molecular formula is C21H28N2O4. The molecule has 0 radical (unpaired) electrons. The van der Waals surface area contributed by atoms with Crippen LogP contribution in [0.2, 0.25) is 0 Å². The van der Waals surface area contributed by atoms with Crippen molar-refractivity contribution in [3.05, 3.63) is 47.5 Å². The van der Waals surface area contributed by atoms with E-state index in [1.807, 2.05) is 6.07 Å². The zero-order valence-electron chi connectivity index (χ0n) is 16.7. The van der Waals surface area contributed by atoms with E-state index in [4.69, 9.17) is 14.2 Å². The molecule has 146 valence electrons. The average molecular weight is 372 g/mol. The number of rotatable bonds is 9. The number of amides is 1. The Labute approximate surface area is 161 Å². The molecular weight excluding hydrogens is 344 g/mol. The summed E-state index contributed by atoms with van der Waals surface area (Å²) in [4.78, 5) is 14.9. The molecule has 0 bridgehead atoms. The zero-order valence-corrected chi connectivity index (χ0v) is 16.7. The van der Waals surface area contributed by atoms with Gasteiger partial charge in [0, 0.05) is 25.3 Å². The molecule has 0 saturated heterocycles. The third kappa shape index (κ3) is 4.84. The fraction of sp³-hybridized carbons (Fsp3) is 0.381. The van der Waals surface area contributed by atoms with Gasteiger partial charge in [-0.2, -0.15) is 0 Å². The van der Waals surface area contributed by atoms with Crippen LogP contribution in [0.3, 0.4) is 0 Å². The quantitative estimate of drug-likeness (QED) is 0.732. The first-order valence-corrected chi connectivity index (χ1v) is 8.94. The van der Waals surface area contributed by atoms with Crippen molar-refractivity contribution in [2.24, 2.45) is 0 Å². The Morgan fingerprint density at radius 3 is 2.37 bits per heavy atom. The van der Waals surface area contributed by atoms with Gasteiger partial charge in [-0.15, -0.1) is 0 Å². The van der Waals surface area contributed by atoms with Crippen LogP contribution in [0.1, 0.15) is 22.8 Å². The molecule has 2 aromatic rings. The topological polar surface area (TPSA) is 60.0 Å². The highest BCUT2D eigenvalue weighted by atomic mass is 16.5. The minimum absolute atomic E-state index is 0.215. The maximum atomic E-state index is 12.6. The predicted molar refractivity (Wildman–Crippen MR) is 107 cm³/mol. The van der Waals surface area contributed by atoms with Crippen LogP contribution in [0.15, 0.2) is 36.4 Å². The molecule has 0 saturated carbocycles. The SMILES string of the molecule is CCN(CCNC(=O)c1ccc(OC)c(OC)c1OC)c1cccc(C)c1. The second-order valence-electron chi connectivity index (χ2n) is 6.06. The van der Waals surface area contributed by atoms with E-state index in [1.54, 1.807) is 19.2 Å². The molecule has 0 spiro atoms. The van der Waals surface area contributed by atoms with Gasteiger partial charge < -0.3 is 24.4 Å². The van der Waals surface area contributed by atoms with Crippen molar-refractivity contribution in [2.75, 3.05) is 45.9 Å². The summed E-state index contributed by atoms with van der Waals surface area (Å²) in [6, 6.07) is 11.7. The van der Waals surface area contributed by atoms with E-state index in [-0.39, 0.29) is 5.91 Å². The molecule has 0 atom stereocenters. The first-order valence-electron chi connectivity index (χ1n) is 8.94. The third-order valence-electron chi connectivity index (χ3n) is 4.36. The van der Waals surface area contributed by atoms with Crippen LogP contribution in [0.5, 0.6) is 17.2 Å². The average Bonchev–Trinajstić information content (AvgIpc) is 2.69. The van der Waals surface area contributed by atoms with Crippen LogP contribution in [-0.2, 0) is 0 Å². The highest BCUT2D eigenvalue weighted by molar-refractivity contribution is 5.98. The number of carbonyl (C=O) groups is 1. The van der Waals surface area contributed by atoms with E-state index in [9.17, 15) is 4.79 Å². The summed E-state index contributed by atoms with van der Waals surface area (Å²) < 4.78 is 16.0. The summed E-state index contributed by atoms with van der Waals surface area (Å²) in [5, 5.41) is 2.95. The number of anilines is 1. The summed E-state index contributed by atoms with van der Waals surface area (Å²) in [6.07, 6.45) is 0. The van der Waals surface area contributed by atoms with Crippen molar-refractivity contribution in [2.45, 2.75) is 13.8 Å². The molecule has 1 amide bonds. The molecule has 0 aromatic heterocycles. The van der Waals surface area contributed by atoms with Crippen molar-refractivity contribution in [1.82, 2.24) is 5.32 Å². The number of nitrogens with zero attached hydrogens (tertiary/aromatic N) is 1. The molecule has 1 N–H and O–H groups in total. The Bertz CT molecular complexity index is 777. The largest absolute Gasteiger partial charge is 0.493 e. The van der Waals surface area contributed by atoms with E-state index in [0.717, 1.165) is 12.2 Å². The molecule has 0 fully saturated rings. The second kappa shape index (κ2) is 9.71. The number of methoxy groups -OCH3 is 3. The van der Waals surface area contributed by atoms with Crippen LogP contribution in [0.4, 0.5) is 5.69 Å². The second-order valence-corrected chi connectivity index (χ2v) is 6.06. The Kier molecular flexibility index (Phi) is 7.34. The van der Waals surface area contributed by atoms with Gasteiger partial charge in [0.05, 0.1) is 26.9 Å². The van der Waals surface area contributed by atoms with Crippen molar-refractivity contribution < 1.29 is 19.0 Å². The van der Waals surface area contributed by atoms with E-state index in [0.29, 0.717) is 35.9 Å². The molecule has 6 nitrogen and oxygen atoms in total. The van der Waals surface area contributed by atoms with Gasteiger partial charge in [0.2, 0.25) is 5.75 Å². The lowest BCUT2D eigenvalue weighted by Gasteiger charge is -2.24. The van der Waals surface area contributed by atoms with Gasteiger partial charge in [-0.25, -0.2) is 0 Å². The summed E-state index contributed by atoms with van der Waals surface area (Å²) in [7, 11) is 4.56. The normalized spacial score (nSPS) is 10.3. The van der Waals surface area contributed by atoms with E-state index < -0.39 is 0 Å². The fourth-order valence-corrected chi connectivity index (χ4v) is 2.97. The molecule has 0 heterocycles. The molecule has 0 aliphatic carbocycles. The van der Waals surface area contributed by atoms with E-state index in [1.165, 1.54) is 19.8 Å². The number of nitrogens with one attached hydrogen (secondary N) is 1. The number of likely N-dealkylation sites (N-methyl/N-ethyl adjacent to an activating group) is 1. The van der Waals surface area contributed by atoms with Crippen LogP contribution >= 0.6 is 0 Å². The van der Waals surface area contributed by atoms with E-state index in [2.05, 4.69) is 42.3 Å². The molecule has 2 aromatic carbocycles. The van der Waals surface area contributed by atoms with Crippen LogP contribution in [0.25, 0.3) is 0 Å². The standard InChI is InChI=1S/C21H28N2O4/c1-6-23(16-9-7-8-15(2)14-16)13-12-22-21(24)17-10-11-18(25-3)20(27-5)19(17)26-4/h7-11,14H,6,12-13H2,1-5H3,(H,22,24). The minimum Gasteiger partial charge on any atom is -0.493 e. The molecule has 6 heteroatoms. The van der Waals surface area contributed by atoms with Gasteiger partial charge in [0.25, 0.3) is 5.91 Å². The lowest BCUT2D eigenvalue weighted by Crippen LogP contribution is -2.35. The van der Waals surface area contributed by atoms with Crippen molar-refractivity contribution in [3.8, 4) is 17.2 Å². The summed E-state index contributed by atoms with van der Waals surface area (Å²) in [5.41, 5.74) is 2.77. The number of hydrogen-bond donors (Lipinski definition) is 1. The van der Waals surface area contributed by atoms with Crippen LogP contribution < -0.4 is 24.4 Å². The Balaban J connectivity index is 2.07. The number of aryl methyl sites for hydroxylation is 1. The maximum Gasteiger partial charge on any atom is 0.255 e. The molecule has 0 aliphatic rings. The summed E-state index contributed by atoms with van der Waals surface area (Å²) >= 11 is 0. The first-order chi connectivity index (χ1) is 13.0. The lowest BCUT2D eigenvalue weighted by atomic mass is 10.1. The highest BCUT2D eigenvalue weighted by Gasteiger charge is 2.20. The smallest absolute Gasteiger partial charge is 0.255 e. The Morgan fingerprint density at radius 1 is 1.04 bits per heavy atom. The first kappa shape index (κ1) is 20.4. The number of benzene rings is 2. The fourth-order valence-electron chi connectivity index (χ4n) is 2.97. The van der Waals surface area contributed by atoms with Gasteiger partial charge in [0.1, 0.15) is 0 Å². The van der Waals surface area contributed by atoms with Gasteiger partial charge in [-0.1, -0.05) is 12.1 Å². The number of ether oxygens (including phenoxy) is 3. The van der Waals surface area contributed by atoms with E-state index >= 15 is 0 Å². The lowest BCUT2D eigenvalue weighted by molar-refractivity contribution is 0.0951. The summed E-state index contributed by atoms with van der Waals surface area (Å²) in [5.74, 6) is 1.07. The molecule has 0 aliphatic heterocycles. The third-order valence-corrected chi connectivity index (χ3v) is 4.36.